The van der Waals surface area contributed by atoms with Crippen molar-refractivity contribution in [3.63, 3.8) is 0 Å². The van der Waals surface area contributed by atoms with E-state index in [9.17, 15) is 0 Å². The van der Waals surface area contributed by atoms with Gasteiger partial charge in [0.1, 0.15) is 0 Å². The van der Waals surface area contributed by atoms with Crippen molar-refractivity contribution >= 4 is 24.9 Å². The third kappa shape index (κ3) is 4.21. The predicted octanol–water partition coefficient (Wildman–Crippen LogP) is 2.94. The summed E-state index contributed by atoms with van der Waals surface area (Å²) in [6.07, 6.45) is 12.8. The fraction of sp³-hybridized carbons (Fsp3) is 0.0588. The Hall–Kier alpha value is -3.08. The van der Waals surface area contributed by atoms with Crippen LogP contribution in [-0.4, -0.2) is 28.7 Å². The summed E-state index contributed by atoms with van der Waals surface area (Å²) in [4.78, 5) is 7.00. The van der Waals surface area contributed by atoms with E-state index in [-0.39, 0.29) is 0 Å². The van der Waals surface area contributed by atoms with Crippen molar-refractivity contribution in [1.82, 2.24) is 15.0 Å². The highest BCUT2D eigenvalue weighted by Gasteiger charge is 1.96. The first-order chi connectivity index (χ1) is 10.7. The maximum Gasteiger partial charge on any atom is 0.0924 e. The predicted molar refractivity (Wildman–Crippen MR) is 92.6 cm³/mol. The Morgan fingerprint density at radius 1 is 1.23 bits per heavy atom. The van der Waals surface area contributed by atoms with Gasteiger partial charge in [0.05, 0.1) is 23.9 Å². The molecule has 5 nitrogen and oxygen atoms in total. The van der Waals surface area contributed by atoms with Crippen molar-refractivity contribution < 1.29 is 0 Å². The number of allylic oxidation sites excluding steroid dienone is 1. The van der Waals surface area contributed by atoms with Crippen molar-refractivity contribution in [2.24, 2.45) is 10.8 Å². The van der Waals surface area contributed by atoms with Crippen molar-refractivity contribution in [1.29, 1.82) is 0 Å². The quantitative estimate of drug-likeness (QED) is 0.489. The molecule has 0 aliphatic heterocycles. The van der Waals surface area contributed by atoms with Crippen molar-refractivity contribution in [2.75, 3.05) is 7.05 Å². The zero-order chi connectivity index (χ0) is 15.8. The summed E-state index contributed by atoms with van der Waals surface area (Å²) < 4.78 is 0. The van der Waals surface area contributed by atoms with Gasteiger partial charge in [0.25, 0.3) is 0 Å². The molecule has 0 atom stereocenters. The molecule has 0 amide bonds. The van der Waals surface area contributed by atoms with Crippen LogP contribution in [0.4, 0.5) is 0 Å². The maximum atomic E-state index is 5.56. The van der Waals surface area contributed by atoms with E-state index in [0.717, 1.165) is 22.5 Å². The lowest BCUT2D eigenvalue weighted by Gasteiger charge is -2.11. The van der Waals surface area contributed by atoms with Crippen LogP contribution in [0.1, 0.15) is 16.8 Å². The van der Waals surface area contributed by atoms with Crippen molar-refractivity contribution in [2.45, 2.75) is 0 Å². The Balaban J connectivity index is 2.04. The molecule has 1 aromatic heterocycles. The first-order valence-corrected chi connectivity index (χ1v) is 6.80. The molecule has 0 bridgehead atoms. The Labute approximate surface area is 130 Å². The summed E-state index contributed by atoms with van der Waals surface area (Å²) in [5.41, 5.74) is 9.51. The second-order valence-electron chi connectivity index (χ2n) is 4.60. The number of hydrogen-bond donors (Lipinski definition) is 2. The number of imidazole rings is 1. The summed E-state index contributed by atoms with van der Waals surface area (Å²) in [7, 11) is 1.79. The standard InChI is InChI=1S/C17H19N5/c1-19-22(2)17(11-18)10-8-15-5-3-14(4-6-15)7-9-16-12-20-13-21-16/h3-13H,1,18H2,2H3,(H,20,21)/b9-7+,10-8+,17-11-. The van der Waals surface area contributed by atoms with Crippen LogP contribution in [0.25, 0.3) is 18.2 Å². The van der Waals surface area contributed by atoms with E-state index < -0.39 is 0 Å². The molecule has 1 heterocycles. The van der Waals surface area contributed by atoms with Gasteiger partial charge in [-0.05, 0) is 23.3 Å². The smallest absolute Gasteiger partial charge is 0.0924 e. The molecule has 2 aromatic rings. The van der Waals surface area contributed by atoms with E-state index in [1.165, 1.54) is 6.20 Å². The molecule has 1 aromatic carbocycles. The third-order valence-electron chi connectivity index (χ3n) is 3.11. The zero-order valence-electron chi connectivity index (χ0n) is 12.5. The van der Waals surface area contributed by atoms with Gasteiger partial charge < -0.3 is 10.7 Å². The molecular formula is C17H19N5. The number of H-pyrrole nitrogens is 1. The van der Waals surface area contributed by atoms with Crippen LogP contribution in [0, 0.1) is 0 Å². The summed E-state index contributed by atoms with van der Waals surface area (Å²) in [6.45, 7) is 3.47. The summed E-state index contributed by atoms with van der Waals surface area (Å²) in [6, 6.07) is 8.18. The fourth-order valence-electron chi connectivity index (χ4n) is 1.80. The Morgan fingerprint density at radius 2 is 1.91 bits per heavy atom. The molecule has 0 spiro atoms. The van der Waals surface area contributed by atoms with Crippen LogP contribution in [0.15, 0.2) is 59.9 Å². The minimum absolute atomic E-state index is 0.776. The van der Waals surface area contributed by atoms with E-state index >= 15 is 0 Å². The Bertz CT molecular complexity index is 678. The van der Waals surface area contributed by atoms with Gasteiger partial charge in [0.15, 0.2) is 0 Å². The number of nitrogens with one attached hydrogen (secondary N) is 1. The molecule has 0 aliphatic carbocycles. The van der Waals surface area contributed by atoms with Crippen LogP contribution in [0.2, 0.25) is 0 Å². The zero-order valence-corrected chi connectivity index (χ0v) is 12.5. The molecule has 3 N–H and O–H groups in total. The molecule has 5 heteroatoms. The lowest BCUT2D eigenvalue weighted by Crippen LogP contribution is -2.09. The van der Waals surface area contributed by atoms with Crippen LogP contribution in [0.3, 0.4) is 0 Å². The molecule has 0 saturated carbocycles. The SMILES string of the molecule is C=NN(C)C(=C\N)/C=C/c1ccc(/C=C/c2cnc[nH]2)cc1. The molecule has 0 radical (unpaired) electrons. The fourth-order valence-corrected chi connectivity index (χ4v) is 1.80. The molecule has 2 rings (SSSR count). The average Bonchev–Trinajstić information content (AvgIpc) is 3.07. The van der Waals surface area contributed by atoms with E-state index in [2.05, 4.69) is 21.8 Å². The molecule has 0 fully saturated rings. The number of aromatic amines is 1. The van der Waals surface area contributed by atoms with Crippen LogP contribution < -0.4 is 5.73 Å². The highest BCUT2D eigenvalue weighted by atomic mass is 15.4. The maximum absolute atomic E-state index is 5.56. The minimum Gasteiger partial charge on any atom is -0.403 e. The van der Waals surface area contributed by atoms with Crippen LogP contribution >= 0.6 is 0 Å². The van der Waals surface area contributed by atoms with Gasteiger partial charge >= 0.3 is 0 Å². The van der Waals surface area contributed by atoms with E-state index in [4.69, 9.17) is 5.73 Å². The number of hydrogen-bond acceptors (Lipinski definition) is 4. The molecule has 0 aliphatic rings. The lowest BCUT2D eigenvalue weighted by molar-refractivity contribution is 0.464. The minimum atomic E-state index is 0.776. The van der Waals surface area contributed by atoms with Gasteiger partial charge in [-0.25, -0.2) is 4.98 Å². The molecule has 0 saturated heterocycles. The Morgan fingerprint density at radius 3 is 2.45 bits per heavy atom. The number of hydrazone groups is 1. The number of benzene rings is 1. The molecular weight excluding hydrogens is 274 g/mol. The second kappa shape index (κ2) is 7.64. The largest absolute Gasteiger partial charge is 0.403 e. The van der Waals surface area contributed by atoms with Gasteiger partial charge in [-0.3, -0.25) is 5.01 Å². The normalized spacial score (nSPS) is 12.1. The van der Waals surface area contributed by atoms with Crippen molar-refractivity contribution in [3.05, 3.63) is 71.6 Å². The van der Waals surface area contributed by atoms with Crippen LogP contribution in [-0.2, 0) is 0 Å². The van der Waals surface area contributed by atoms with E-state index in [0.29, 0.717) is 0 Å². The highest BCUT2D eigenvalue weighted by molar-refractivity contribution is 5.68. The number of aromatic nitrogens is 2. The topological polar surface area (TPSA) is 70.3 Å². The molecule has 22 heavy (non-hydrogen) atoms. The highest BCUT2D eigenvalue weighted by Crippen LogP contribution is 2.11. The average molecular weight is 293 g/mol. The summed E-state index contributed by atoms with van der Waals surface area (Å²) in [5.74, 6) is 0. The summed E-state index contributed by atoms with van der Waals surface area (Å²) >= 11 is 0. The van der Waals surface area contributed by atoms with Gasteiger partial charge in [0, 0.05) is 20.0 Å². The van der Waals surface area contributed by atoms with E-state index in [1.54, 1.807) is 24.6 Å². The lowest BCUT2D eigenvalue weighted by atomic mass is 10.1. The summed E-state index contributed by atoms with van der Waals surface area (Å²) in [5, 5.41) is 5.41. The van der Waals surface area contributed by atoms with E-state index in [1.807, 2.05) is 48.6 Å². The number of likely N-dealkylation sites (N-methyl/N-ethyl adjacent to an activating group) is 1. The first-order valence-electron chi connectivity index (χ1n) is 6.80. The van der Waals surface area contributed by atoms with Gasteiger partial charge in [0.2, 0.25) is 0 Å². The van der Waals surface area contributed by atoms with Gasteiger partial charge in [-0.1, -0.05) is 36.4 Å². The van der Waals surface area contributed by atoms with Gasteiger partial charge in [-0.15, -0.1) is 0 Å². The second-order valence-corrected chi connectivity index (χ2v) is 4.60. The Kier molecular flexibility index (Phi) is 5.31. The van der Waals surface area contributed by atoms with Crippen LogP contribution in [0.5, 0.6) is 0 Å². The number of nitrogens with zero attached hydrogens (tertiary/aromatic N) is 3. The number of rotatable bonds is 6. The first kappa shape index (κ1) is 15.3. The molecule has 0 unspecified atom stereocenters. The number of nitrogens with two attached hydrogens (primary N) is 1. The third-order valence-corrected chi connectivity index (χ3v) is 3.11. The molecule has 112 valence electrons. The van der Waals surface area contributed by atoms with Gasteiger partial charge in [-0.2, -0.15) is 5.10 Å². The van der Waals surface area contributed by atoms with Crippen molar-refractivity contribution in [3.8, 4) is 0 Å². The monoisotopic (exact) mass is 293 g/mol.